The molecule has 1 heteroatoms. The van der Waals surface area contributed by atoms with Crippen LogP contribution in [-0.4, -0.2) is 0 Å². The third-order valence-electron chi connectivity index (χ3n) is 15.1. The van der Waals surface area contributed by atoms with Crippen LogP contribution in [0, 0.1) is 0 Å². The maximum atomic E-state index is 2.49. The highest BCUT2D eigenvalue weighted by Gasteiger charge is 2.40. The molecule has 0 saturated heterocycles. The van der Waals surface area contributed by atoms with E-state index in [1.165, 1.54) is 100 Å². The van der Waals surface area contributed by atoms with Gasteiger partial charge < -0.3 is 4.90 Å². The SMILES string of the molecule is CC1(C)c2ccccc2-c2ccc(N(c3ccc(-c4cccc5c4-c4ccc(-c6cccc7c6-c6ccccc6C7(C)C)cc4C5(C)C)cc3)c3ccccc3-c3ccccc3)cc21. The third-order valence-corrected chi connectivity index (χ3v) is 15.1. The predicted octanol–water partition coefficient (Wildman–Crippen LogP) is 17.1. The lowest BCUT2D eigenvalue weighted by molar-refractivity contribution is 0.660. The Hall–Kier alpha value is -7.22. The van der Waals surface area contributed by atoms with Gasteiger partial charge in [0.2, 0.25) is 0 Å². The largest absolute Gasteiger partial charge is 0.310 e. The minimum absolute atomic E-state index is 0.0361. The van der Waals surface area contributed by atoms with Crippen molar-refractivity contribution in [2.75, 3.05) is 4.90 Å². The van der Waals surface area contributed by atoms with Gasteiger partial charge in [-0.15, -0.1) is 0 Å². The maximum absolute atomic E-state index is 2.49. The molecule has 9 aromatic carbocycles. The molecule has 12 rings (SSSR count). The number of nitrogens with zero attached hydrogens (tertiary/aromatic N) is 1. The Bertz CT molecular complexity index is 3340. The zero-order chi connectivity index (χ0) is 43.5. The van der Waals surface area contributed by atoms with E-state index in [1.54, 1.807) is 0 Å². The van der Waals surface area contributed by atoms with Crippen LogP contribution in [0.5, 0.6) is 0 Å². The van der Waals surface area contributed by atoms with Crippen molar-refractivity contribution in [3.63, 3.8) is 0 Å². The topological polar surface area (TPSA) is 3.24 Å². The first-order chi connectivity index (χ1) is 31.0. The molecule has 0 saturated carbocycles. The van der Waals surface area contributed by atoms with Gasteiger partial charge in [-0.25, -0.2) is 0 Å². The molecule has 0 atom stereocenters. The summed E-state index contributed by atoms with van der Waals surface area (Å²) < 4.78 is 0. The Morgan fingerprint density at radius 1 is 0.266 bits per heavy atom. The van der Waals surface area contributed by atoms with Crippen molar-refractivity contribution in [2.45, 2.75) is 57.8 Å². The fraction of sp³-hybridized carbons (Fsp3) is 0.143. The standard InChI is InChI=1S/C63H51N/c1-61(2)53-26-14-11-22-50(53)60-47(24-17-27-54(60)61)42-32-36-51-56(38-42)63(5,6)55-28-16-23-46(59(51)55)41-30-33-43(34-31-41)64(58-29-15-12-20-45(58)40-18-8-7-9-19-40)44-35-37-49-48-21-10-13-25-52(48)62(3,4)57(49)39-44/h7-39H,1-6H3. The molecule has 0 N–H and O–H groups in total. The van der Waals surface area contributed by atoms with E-state index < -0.39 is 0 Å². The summed E-state index contributed by atoms with van der Waals surface area (Å²) in [5.74, 6) is 0. The van der Waals surface area contributed by atoms with Gasteiger partial charge in [0.1, 0.15) is 0 Å². The van der Waals surface area contributed by atoms with Crippen LogP contribution in [0.4, 0.5) is 17.1 Å². The third kappa shape index (κ3) is 5.50. The van der Waals surface area contributed by atoms with Gasteiger partial charge in [-0.2, -0.15) is 0 Å². The summed E-state index contributed by atoms with van der Waals surface area (Å²) >= 11 is 0. The van der Waals surface area contributed by atoms with Crippen LogP contribution in [0.2, 0.25) is 0 Å². The van der Waals surface area contributed by atoms with Crippen LogP contribution in [-0.2, 0) is 16.2 Å². The molecule has 0 heterocycles. The molecule has 1 nitrogen and oxygen atoms in total. The van der Waals surface area contributed by atoms with Crippen molar-refractivity contribution < 1.29 is 0 Å². The summed E-state index contributed by atoms with van der Waals surface area (Å²) in [4.78, 5) is 2.46. The minimum atomic E-state index is -0.162. The Morgan fingerprint density at radius 3 is 1.39 bits per heavy atom. The van der Waals surface area contributed by atoms with E-state index in [4.69, 9.17) is 0 Å². The first-order valence-corrected chi connectivity index (χ1v) is 22.8. The number of hydrogen-bond donors (Lipinski definition) is 0. The highest BCUT2D eigenvalue weighted by Crippen LogP contribution is 2.56. The van der Waals surface area contributed by atoms with E-state index in [0.717, 1.165) is 17.1 Å². The van der Waals surface area contributed by atoms with Gasteiger partial charge in [-0.1, -0.05) is 205 Å². The first kappa shape index (κ1) is 38.5. The Balaban J connectivity index is 0.969. The zero-order valence-electron chi connectivity index (χ0n) is 37.5. The quantitative estimate of drug-likeness (QED) is 0.161. The number of para-hydroxylation sites is 1. The lowest BCUT2D eigenvalue weighted by atomic mass is 9.80. The van der Waals surface area contributed by atoms with Gasteiger partial charge >= 0.3 is 0 Å². The predicted molar refractivity (Wildman–Crippen MR) is 270 cm³/mol. The summed E-state index contributed by atoms with van der Waals surface area (Å²) in [7, 11) is 0. The smallest absolute Gasteiger partial charge is 0.0540 e. The van der Waals surface area contributed by atoms with Crippen LogP contribution in [0.25, 0.3) is 66.8 Å². The molecule has 0 fully saturated rings. The molecule has 0 spiro atoms. The number of rotatable bonds is 6. The molecule has 0 amide bonds. The van der Waals surface area contributed by atoms with Crippen molar-refractivity contribution in [3.8, 4) is 66.8 Å². The highest BCUT2D eigenvalue weighted by molar-refractivity contribution is 5.97. The molecule has 0 aromatic heterocycles. The number of benzene rings is 9. The van der Waals surface area contributed by atoms with E-state index in [0.29, 0.717) is 0 Å². The number of hydrogen-bond acceptors (Lipinski definition) is 1. The molecule has 0 unspecified atom stereocenters. The summed E-state index contributed by atoms with van der Waals surface area (Å²) in [5, 5.41) is 0. The molecule has 3 aliphatic rings. The molecule has 9 aromatic rings. The lowest BCUT2D eigenvalue weighted by Crippen LogP contribution is -2.16. The van der Waals surface area contributed by atoms with E-state index >= 15 is 0 Å². The number of fused-ring (bicyclic) bond motifs is 9. The van der Waals surface area contributed by atoms with Crippen LogP contribution < -0.4 is 4.90 Å². The van der Waals surface area contributed by atoms with Crippen molar-refractivity contribution in [1.82, 2.24) is 0 Å². The van der Waals surface area contributed by atoms with Gasteiger partial charge in [0, 0.05) is 33.2 Å². The van der Waals surface area contributed by atoms with Crippen LogP contribution in [0.15, 0.2) is 200 Å². The monoisotopic (exact) mass is 821 g/mol. The van der Waals surface area contributed by atoms with Crippen molar-refractivity contribution >= 4 is 17.1 Å². The van der Waals surface area contributed by atoms with Crippen LogP contribution >= 0.6 is 0 Å². The molecule has 3 aliphatic carbocycles. The molecule has 308 valence electrons. The molecule has 0 radical (unpaired) electrons. The minimum Gasteiger partial charge on any atom is -0.310 e. The Morgan fingerprint density at radius 2 is 0.688 bits per heavy atom. The summed E-state index contributed by atoms with van der Waals surface area (Å²) in [5.41, 5.74) is 27.0. The fourth-order valence-electron chi connectivity index (χ4n) is 11.8. The summed E-state index contributed by atoms with van der Waals surface area (Å²) in [6, 6.07) is 75.0. The second kappa shape index (κ2) is 13.9. The average molecular weight is 822 g/mol. The molecular weight excluding hydrogens is 771 g/mol. The second-order valence-corrected chi connectivity index (χ2v) is 19.7. The van der Waals surface area contributed by atoms with E-state index in [9.17, 15) is 0 Å². The second-order valence-electron chi connectivity index (χ2n) is 19.7. The van der Waals surface area contributed by atoms with Crippen LogP contribution in [0.3, 0.4) is 0 Å². The molecule has 0 bridgehead atoms. The Kier molecular flexibility index (Phi) is 8.35. The van der Waals surface area contributed by atoms with E-state index in [1.807, 2.05) is 0 Å². The lowest BCUT2D eigenvalue weighted by Gasteiger charge is -2.30. The summed E-state index contributed by atoms with van der Waals surface area (Å²) in [6.45, 7) is 14.3. The molecule has 64 heavy (non-hydrogen) atoms. The highest BCUT2D eigenvalue weighted by atomic mass is 15.1. The first-order valence-electron chi connectivity index (χ1n) is 22.8. The Labute approximate surface area is 378 Å². The van der Waals surface area contributed by atoms with E-state index in [-0.39, 0.29) is 16.2 Å². The van der Waals surface area contributed by atoms with E-state index in [2.05, 4.69) is 247 Å². The molecular formula is C63H51N. The average Bonchev–Trinajstić information content (AvgIpc) is 3.82. The van der Waals surface area contributed by atoms with Gasteiger partial charge in [0.25, 0.3) is 0 Å². The van der Waals surface area contributed by atoms with Gasteiger partial charge in [-0.05, 0) is 131 Å². The zero-order valence-corrected chi connectivity index (χ0v) is 37.5. The number of anilines is 3. The normalized spacial score (nSPS) is 15.1. The molecule has 0 aliphatic heterocycles. The maximum Gasteiger partial charge on any atom is 0.0540 e. The van der Waals surface area contributed by atoms with Crippen LogP contribution in [0.1, 0.15) is 74.9 Å². The van der Waals surface area contributed by atoms with Crippen molar-refractivity contribution in [3.05, 3.63) is 234 Å². The van der Waals surface area contributed by atoms with Crippen molar-refractivity contribution in [1.29, 1.82) is 0 Å². The van der Waals surface area contributed by atoms with Gasteiger partial charge in [-0.3, -0.25) is 0 Å². The van der Waals surface area contributed by atoms with Gasteiger partial charge in [0.15, 0.2) is 0 Å². The van der Waals surface area contributed by atoms with Crippen molar-refractivity contribution in [2.24, 2.45) is 0 Å². The van der Waals surface area contributed by atoms with Gasteiger partial charge in [0.05, 0.1) is 5.69 Å². The fourth-order valence-corrected chi connectivity index (χ4v) is 11.8. The summed E-state index contributed by atoms with van der Waals surface area (Å²) in [6.07, 6.45) is 0.